The van der Waals surface area contributed by atoms with Gasteiger partial charge in [0, 0.05) is 19.6 Å². The second-order valence-corrected chi connectivity index (χ2v) is 3.83. The molecule has 0 saturated carbocycles. The van der Waals surface area contributed by atoms with Crippen LogP contribution in [0.2, 0.25) is 0 Å². The first-order chi connectivity index (χ1) is 7.65. The molecule has 1 heterocycles. The van der Waals surface area contributed by atoms with E-state index in [9.17, 15) is 9.59 Å². The fourth-order valence-corrected chi connectivity index (χ4v) is 2.11. The van der Waals surface area contributed by atoms with Gasteiger partial charge < -0.3 is 9.64 Å². The Kier molecular flexibility index (Phi) is 4.58. The van der Waals surface area contributed by atoms with Crippen molar-refractivity contribution >= 4 is 12.0 Å². The molecule has 5 nitrogen and oxygen atoms in total. The molecule has 1 rings (SSSR count). The van der Waals surface area contributed by atoms with Crippen molar-refractivity contribution < 1.29 is 14.3 Å². The van der Waals surface area contributed by atoms with Crippen molar-refractivity contribution in [2.24, 2.45) is 0 Å². The molecule has 0 bridgehead atoms. The third-order valence-corrected chi connectivity index (χ3v) is 3.02. The summed E-state index contributed by atoms with van der Waals surface area (Å²) in [5, 5.41) is 0. The third-order valence-electron chi connectivity index (χ3n) is 3.02. The predicted octanol–water partition coefficient (Wildman–Crippen LogP) is 1.09. The Morgan fingerprint density at radius 2 is 2.00 bits per heavy atom. The molecule has 0 N–H and O–H groups in total. The summed E-state index contributed by atoms with van der Waals surface area (Å²) in [5.74, 6) is 0.0351. The molecule has 1 saturated heterocycles. The highest BCUT2D eigenvalue weighted by Gasteiger charge is 2.36. The first kappa shape index (κ1) is 12.8. The van der Waals surface area contributed by atoms with Crippen LogP contribution in [0.3, 0.4) is 0 Å². The zero-order valence-corrected chi connectivity index (χ0v) is 10.2. The fraction of sp³-hybridized carbons (Fsp3) is 0.818. The quantitative estimate of drug-likeness (QED) is 0.726. The first-order valence-electron chi connectivity index (χ1n) is 5.79. The normalized spacial score (nSPS) is 19.7. The fourth-order valence-electron chi connectivity index (χ4n) is 2.11. The number of hydrogen-bond donors (Lipinski definition) is 0. The van der Waals surface area contributed by atoms with E-state index in [0.717, 1.165) is 12.8 Å². The van der Waals surface area contributed by atoms with Crippen molar-refractivity contribution in [2.75, 3.05) is 26.7 Å². The summed E-state index contributed by atoms with van der Waals surface area (Å²) in [6, 6.07) is -0.327. The Morgan fingerprint density at radius 3 is 2.50 bits per heavy atom. The second kappa shape index (κ2) is 5.72. The molecule has 1 aliphatic heterocycles. The largest absolute Gasteiger partial charge is 0.453 e. The third kappa shape index (κ3) is 2.46. The summed E-state index contributed by atoms with van der Waals surface area (Å²) in [4.78, 5) is 26.9. The maximum absolute atomic E-state index is 12.1. The zero-order chi connectivity index (χ0) is 12.1. The van der Waals surface area contributed by atoms with Crippen LogP contribution in [0.1, 0.15) is 26.7 Å². The molecule has 5 heteroatoms. The van der Waals surface area contributed by atoms with Gasteiger partial charge in [-0.3, -0.25) is 9.69 Å². The molecule has 1 unspecified atom stereocenters. The molecule has 1 fully saturated rings. The number of hydrogen-bond acceptors (Lipinski definition) is 3. The number of amides is 2. The minimum atomic E-state index is -0.400. The van der Waals surface area contributed by atoms with Crippen molar-refractivity contribution in [3.8, 4) is 0 Å². The van der Waals surface area contributed by atoms with Gasteiger partial charge in [-0.1, -0.05) is 0 Å². The first-order valence-corrected chi connectivity index (χ1v) is 5.79. The van der Waals surface area contributed by atoms with E-state index in [1.54, 1.807) is 4.90 Å². The maximum atomic E-state index is 12.1. The molecule has 0 radical (unpaired) electrons. The summed E-state index contributed by atoms with van der Waals surface area (Å²) in [6.07, 6.45) is 1.21. The van der Waals surface area contributed by atoms with E-state index in [0.29, 0.717) is 19.6 Å². The molecule has 0 aromatic rings. The van der Waals surface area contributed by atoms with E-state index in [1.807, 2.05) is 13.8 Å². The van der Waals surface area contributed by atoms with E-state index in [2.05, 4.69) is 4.74 Å². The van der Waals surface area contributed by atoms with E-state index < -0.39 is 6.09 Å². The number of carbonyl (C=O) groups excluding carboxylic acids is 2. The average Bonchev–Trinajstić information content (AvgIpc) is 2.78. The summed E-state index contributed by atoms with van der Waals surface area (Å²) in [6.45, 7) is 5.86. The molecule has 0 aromatic heterocycles. The number of likely N-dealkylation sites (tertiary alicyclic amines) is 1. The Balaban J connectivity index is 2.70. The van der Waals surface area contributed by atoms with Crippen LogP contribution >= 0.6 is 0 Å². The molecule has 1 aliphatic rings. The molecular weight excluding hydrogens is 208 g/mol. The zero-order valence-electron chi connectivity index (χ0n) is 10.2. The van der Waals surface area contributed by atoms with Crippen LogP contribution in [0.25, 0.3) is 0 Å². The number of likely N-dealkylation sites (N-methyl/N-ethyl adjacent to an activating group) is 1. The Hall–Kier alpha value is -1.26. The van der Waals surface area contributed by atoms with Crippen LogP contribution in [0.15, 0.2) is 0 Å². The van der Waals surface area contributed by atoms with Crippen LogP contribution in [0.5, 0.6) is 0 Å². The number of nitrogens with zero attached hydrogens (tertiary/aromatic N) is 2. The SMILES string of the molecule is CCN(CC)C(=O)C1CCCN1C(=O)OC. The van der Waals surface area contributed by atoms with E-state index in [1.165, 1.54) is 12.0 Å². The molecule has 92 valence electrons. The van der Waals surface area contributed by atoms with Crippen LogP contribution in [-0.2, 0) is 9.53 Å². The Labute approximate surface area is 96.3 Å². The van der Waals surface area contributed by atoms with Gasteiger partial charge in [0.25, 0.3) is 0 Å². The lowest BCUT2D eigenvalue weighted by atomic mass is 10.2. The maximum Gasteiger partial charge on any atom is 0.410 e. The van der Waals surface area contributed by atoms with Crippen molar-refractivity contribution in [1.29, 1.82) is 0 Å². The van der Waals surface area contributed by atoms with E-state index in [4.69, 9.17) is 0 Å². The topological polar surface area (TPSA) is 49.9 Å². The monoisotopic (exact) mass is 228 g/mol. The Bertz CT molecular complexity index is 264. The van der Waals surface area contributed by atoms with Gasteiger partial charge in [0.1, 0.15) is 6.04 Å². The highest BCUT2D eigenvalue weighted by atomic mass is 16.5. The molecular formula is C11H20N2O3. The van der Waals surface area contributed by atoms with Crippen LogP contribution < -0.4 is 0 Å². The number of rotatable bonds is 3. The minimum absolute atomic E-state index is 0.0351. The van der Waals surface area contributed by atoms with Gasteiger partial charge in [-0.2, -0.15) is 0 Å². The summed E-state index contributed by atoms with van der Waals surface area (Å²) < 4.78 is 4.68. The van der Waals surface area contributed by atoms with Crippen LogP contribution in [0, 0.1) is 0 Å². The summed E-state index contributed by atoms with van der Waals surface area (Å²) >= 11 is 0. The Morgan fingerprint density at radius 1 is 1.38 bits per heavy atom. The van der Waals surface area contributed by atoms with Gasteiger partial charge >= 0.3 is 6.09 Å². The van der Waals surface area contributed by atoms with Gasteiger partial charge in [0.05, 0.1) is 7.11 Å². The summed E-state index contributed by atoms with van der Waals surface area (Å²) in [7, 11) is 1.35. The van der Waals surface area contributed by atoms with Crippen molar-refractivity contribution in [2.45, 2.75) is 32.7 Å². The number of methoxy groups -OCH3 is 1. The minimum Gasteiger partial charge on any atom is -0.453 e. The van der Waals surface area contributed by atoms with Crippen molar-refractivity contribution in [3.05, 3.63) is 0 Å². The highest BCUT2D eigenvalue weighted by molar-refractivity contribution is 5.86. The average molecular weight is 228 g/mol. The van der Waals surface area contributed by atoms with Gasteiger partial charge in [0.15, 0.2) is 0 Å². The smallest absolute Gasteiger partial charge is 0.410 e. The van der Waals surface area contributed by atoms with E-state index >= 15 is 0 Å². The number of carbonyl (C=O) groups is 2. The van der Waals surface area contributed by atoms with Gasteiger partial charge in [-0.25, -0.2) is 4.79 Å². The van der Waals surface area contributed by atoms with Crippen LogP contribution in [0.4, 0.5) is 4.79 Å². The molecule has 0 spiro atoms. The standard InChI is InChI=1S/C11H20N2O3/c1-4-12(5-2)10(14)9-7-6-8-13(9)11(15)16-3/h9H,4-8H2,1-3H3. The number of ether oxygens (including phenoxy) is 1. The molecule has 1 atom stereocenters. The predicted molar refractivity (Wildman–Crippen MR) is 60.1 cm³/mol. The molecule has 0 aromatic carbocycles. The molecule has 16 heavy (non-hydrogen) atoms. The van der Waals surface area contributed by atoms with Crippen LogP contribution in [-0.4, -0.2) is 54.6 Å². The lowest BCUT2D eigenvalue weighted by Gasteiger charge is -2.27. The van der Waals surface area contributed by atoms with Gasteiger partial charge in [0.2, 0.25) is 5.91 Å². The lowest BCUT2D eigenvalue weighted by molar-refractivity contribution is -0.135. The highest BCUT2D eigenvalue weighted by Crippen LogP contribution is 2.20. The van der Waals surface area contributed by atoms with Gasteiger partial charge in [-0.05, 0) is 26.7 Å². The van der Waals surface area contributed by atoms with E-state index in [-0.39, 0.29) is 11.9 Å². The van der Waals surface area contributed by atoms with Crippen molar-refractivity contribution in [1.82, 2.24) is 9.80 Å². The lowest BCUT2D eigenvalue weighted by Crippen LogP contribution is -2.47. The molecule has 0 aliphatic carbocycles. The van der Waals surface area contributed by atoms with Gasteiger partial charge in [-0.15, -0.1) is 0 Å². The molecule has 2 amide bonds. The van der Waals surface area contributed by atoms with Crippen molar-refractivity contribution in [3.63, 3.8) is 0 Å². The summed E-state index contributed by atoms with van der Waals surface area (Å²) in [5.41, 5.74) is 0. The second-order valence-electron chi connectivity index (χ2n) is 3.83.